The quantitative estimate of drug-likeness (QED) is 0.737. The number of hydrogen-bond acceptors (Lipinski definition) is 3. The molecule has 2 aliphatic rings. The average molecular weight is 379 g/mol. The van der Waals surface area contributed by atoms with Crippen LogP contribution in [0.4, 0.5) is 0 Å². The van der Waals surface area contributed by atoms with Gasteiger partial charge in [0.05, 0.1) is 0 Å². The number of halogens is 1. The van der Waals surface area contributed by atoms with Crippen LogP contribution in [0.2, 0.25) is 5.02 Å². The molecule has 26 heavy (non-hydrogen) atoms. The van der Waals surface area contributed by atoms with Crippen LogP contribution in [0.3, 0.4) is 0 Å². The van der Waals surface area contributed by atoms with Crippen LogP contribution in [0.1, 0.15) is 51.4 Å². The summed E-state index contributed by atoms with van der Waals surface area (Å²) in [7, 11) is 0. The first-order valence-corrected chi connectivity index (χ1v) is 10.5. The van der Waals surface area contributed by atoms with Gasteiger partial charge in [-0.15, -0.1) is 0 Å². The number of benzene rings is 1. The van der Waals surface area contributed by atoms with E-state index in [4.69, 9.17) is 16.3 Å². The number of carbonyl (C=O) groups excluding carboxylic acids is 1. The van der Waals surface area contributed by atoms with Crippen molar-refractivity contribution >= 4 is 17.5 Å². The van der Waals surface area contributed by atoms with Gasteiger partial charge >= 0.3 is 0 Å². The van der Waals surface area contributed by atoms with E-state index in [1.807, 2.05) is 12.1 Å². The van der Waals surface area contributed by atoms with Crippen molar-refractivity contribution in [1.82, 2.24) is 9.80 Å². The first kappa shape index (κ1) is 19.5. The molecule has 1 unspecified atom stereocenters. The van der Waals surface area contributed by atoms with Crippen LogP contribution in [0.25, 0.3) is 0 Å². The van der Waals surface area contributed by atoms with E-state index in [1.165, 1.54) is 45.2 Å². The number of amides is 1. The van der Waals surface area contributed by atoms with Crippen LogP contribution in [0, 0.1) is 0 Å². The zero-order valence-corrected chi connectivity index (χ0v) is 16.4. The lowest BCUT2D eigenvalue weighted by Crippen LogP contribution is -2.47. The molecule has 1 atom stereocenters. The molecule has 0 N–H and O–H groups in total. The molecule has 0 spiro atoms. The third kappa shape index (κ3) is 5.88. The van der Waals surface area contributed by atoms with E-state index in [0.717, 1.165) is 32.4 Å². The monoisotopic (exact) mass is 378 g/mol. The molecule has 0 saturated carbocycles. The molecule has 0 aliphatic carbocycles. The number of hydrogen-bond donors (Lipinski definition) is 0. The van der Waals surface area contributed by atoms with E-state index in [2.05, 4.69) is 9.80 Å². The van der Waals surface area contributed by atoms with Gasteiger partial charge in [0.25, 0.3) is 5.91 Å². The average Bonchev–Trinajstić information content (AvgIpc) is 2.95. The smallest absolute Gasteiger partial charge is 0.260 e. The van der Waals surface area contributed by atoms with E-state index in [0.29, 0.717) is 16.8 Å². The SMILES string of the molecule is O=C(COc1ccc(Cl)cc1)N1CCCCC1CCN1CCCCCC1. The second kappa shape index (κ2) is 10.2. The van der Waals surface area contributed by atoms with E-state index in [1.54, 1.807) is 12.1 Å². The maximum atomic E-state index is 12.7. The summed E-state index contributed by atoms with van der Waals surface area (Å²) in [5.41, 5.74) is 0. The normalized spacial score (nSPS) is 22.0. The number of ether oxygens (including phenoxy) is 1. The fraction of sp³-hybridized carbons (Fsp3) is 0.667. The number of piperidine rings is 1. The Morgan fingerprint density at radius 2 is 1.69 bits per heavy atom. The summed E-state index contributed by atoms with van der Waals surface area (Å²) in [4.78, 5) is 17.4. The summed E-state index contributed by atoms with van der Waals surface area (Å²) >= 11 is 5.89. The lowest BCUT2D eigenvalue weighted by molar-refractivity contribution is -0.137. The highest BCUT2D eigenvalue weighted by molar-refractivity contribution is 6.30. The third-order valence-corrected chi connectivity index (χ3v) is 5.85. The minimum Gasteiger partial charge on any atom is -0.484 e. The van der Waals surface area contributed by atoms with Crippen LogP contribution in [0.15, 0.2) is 24.3 Å². The molecular formula is C21H31ClN2O2. The minimum atomic E-state index is 0.112. The molecule has 1 aromatic rings. The number of carbonyl (C=O) groups is 1. The highest BCUT2D eigenvalue weighted by atomic mass is 35.5. The van der Waals surface area contributed by atoms with Gasteiger partial charge in [-0.1, -0.05) is 24.4 Å². The molecule has 3 rings (SSSR count). The van der Waals surface area contributed by atoms with Gasteiger partial charge in [-0.05, 0) is 75.9 Å². The van der Waals surface area contributed by atoms with Gasteiger partial charge in [-0.2, -0.15) is 0 Å². The molecule has 2 heterocycles. The highest BCUT2D eigenvalue weighted by Gasteiger charge is 2.27. The van der Waals surface area contributed by atoms with Crippen LogP contribution in [0.5, 0.6) is 5.75 Å². The summed E-state index contributed by atoms with van der Waals surface area (Å²) in [5.74, 6) is 0.807. The van der Waals surface area contributed by atoms with Crippen molar-refractivity contribution in [3.63, 3.8) is 0 Å². The van der Waals surface area contributed by atoms with Crippen molar-refractivity contribution in [2.45, 2.75) is 57.4 Å². The predicted octanol–water partition coefficient (Wildman–Crippen LogP) is 4.37. The lowest BCUT2D eigenvalue weighted by atomic mass is 9.99. The maximum Gasteiger partial charge on any atom is 0.260 e. The summed E-state index contributed by atoms with van der Waals surface area (Å²) in [6, 6.07) is 7.55. The van der Waals surface area contributed by atoms with Gasteiger partial charge in [-0.3, -0.25) is 4.79 Å². The first-order chi connectivity index (χ1) is 12.7. The van der Waals surface area contributed by atoms with Gasteiger partial charge in [0.2, 0.25) is 0 Å². The number of nitrogens with zero attached hydrogens (tertiary/aromatic N) is 2. The lowest BCUT2D eigenvalue weighted by Gasteiger charge is -2.37. The van der Waals surface area contributed by atoms with Gasteiger partial charge < -0.3 is 14.5 Å². The van der Waals surface area contributed by atoms with E-state index in [9.17, 15) is 4.79 Å². The van der Waals surface area contributed by atoms with Crippen molar-refractivity contribution < 1.29 is 9.53 Å². The van der Waals surface area contributed by atoms with Crippen molar-refractivity contribution in [3.05, 3.63) is 29.3 Å². The topological polar surface area (TPSA) is 32.8 Å². The van der Waals surface area contributed by atoms with Crippen molar-refractivity contribution in [2.75, 3.05) is 32.8 Å². The Morgan fingerprint density at radius 1 is 1.00 bits per heavy atom. The van der Waals surface area contributed by atoms with E-state index < -0.39 is 0 Å². The first-order valence-electron chi connectivity index (χ1n) is 10.1. The molecule has 2 saturated heterocycles. The summed E-state index contributed by atoms with van der Waals surface area (Å²) < 4.78 is 5.68. The van der Waals surface area contributed by atoms with E-state index in [-0.39, 0.29) is 12.5 Å². The van der Waals surface area contributed by atoms with Gasteiger partial charge in [0.15, 0.2) is 6.61 Å². The van der Waals surface area contributed by atoms with Gasteiger partial charge in [-0.25, -0.2) is 0 Å². The van der Waals surface area contributed by atoms with Crippen LogP contribution in [-0.2, 0) is 4.79 Å². The maximum absolute atomic E-state index is 12.7. The number of rotatable bonds is 6. The summed E-state index contributed by atoms with van der Waals surface area (Å²) in [6.07, 6.45) is 9.93. The molecule has 2 aliphatic heterocycles. The molecular weight excluding hydrogens is 348 g/mol. The Hall–Kier alpha value is -1.26. The molecule has 2 fully saturated rings. The van der Waals surface area contributed by atoms with Crippen LogP contribution < -0.4 is 4.74 Å². The molecule has 4 nitrogen and oxygen atoms in total. The Labute approximate surface area is 162 Å². The Morgan fingerprint density at radius 3 is 2.42 bits per heavy atom. The van der Waals surface area contributed by atoms with Gasteiger partial charge in [0.1, 0.15) is 5.75 Å². The number of likely N-dealkylation sites (tertiary alicyclic amines) is 2. The predicted molar refractivity (Wildman–Crippen MR) is 106 cm³/mol. The van der Waals surface area contributed by atoms with Crippen LogP contribution >= 0.6 is 11.6 Å². The molecule has 1 aromatic carbocycles. The zero-order valence-electron chi connectivity index (χ0n) is 15.7. The van der Waals surface area contributed by atoms with Gasteiger partial charge in [0, 0.05) is 24.2 Å². The molecule has 0 bridgehead atoms. The van der Waals surface area contributed by atoms with Crippen molar-refractivity contribution in [1.29, 1.82) is 0 Å². The minimum absolute atomic E-state index is 0.112. The molecule has 0 aromatic heterocycles. The molecule has 5 heteroatoms. The second-order valence-corrected chi connectivity index (χ2v) is 7.96. The second-order valence-electron chi connectivity index (χ2n) is 7.52. The largest absolute Gasteiger partial charge is 0.484 e. The molecule has 0 radical (unpaired) electrons. The molecule has 1 amide bonds. The fourth-order valence-electron chi connectivity index (χ4n) is 4.08. The third-order valence-electron chi connectivity index (χ3n) is 5.60. The summed E-state index contributed by atoms with van der Waals surface area (Å²) in [5, 5.41) is 0.674. The fourth-order valence-corrected chi connectivity index (χ4v) is 4.21. The standard InChI is InChI=1S/C21H31ClN2O2/c22-18-8-10-20(11-9-18)26-17-21(25)24-15-6-3-7-19(24)12-16-23-13-4-1-2-5-14-23/h8-11,19H,1-7,12-17H2. The van der Waals surface area contributed by atoms with Crippen LogP contribution in [-0.4, -0.2) is 54.5 Å². The Bertz CT molecular complexity index is 556. The zero-order chi connectivity index (χ0) is 18.2. The van der Waals surface area contributed by atoms with Crippen molar-refractivity contribution in [2.24, 2.45) is 0 Å². The Kier molecular flexibility index (Phi) is 7.63. The molecule has 144 valence electrons. The highest BCUT2D eigenvalue weighted by Crippen LogP contribution is 2.22. The van der Waals surface area contributed by atoms with E-state index >= 15 is 0 Å². The summed E-state index contributed by atoms with van der Waals surface area (Å²) in [6.45, 7) is 4.54. The Balaban J connectivity index is 1.48. The van der Waals surface area contributed by atoms with Crippen molar-refractivity contribution in [3.8, 4) is 5.75 Å².